The molecule has 3 heterocycles. The molecule has 0 radical (unpaired) electrons. The summed E-state index contributed by atoms with van der Waals surface area (Å²) in [7, 11) is 0. The van der Waals surface area contributed by atoms with Crippen LogP contribution in [0.15, 0.2) is 0 Å². The van der Waals surface area contributed by atoms with Gasteiger partial charge in [0.25, 0.3) is 0 Å². The summed E-state index contributed by atoms with van der Waals surface area (Å²) in [6.45, 7) is 24.0. The highest BCUT2D eigenvalue weighted by Gasteiger charge is 2.74. The zero-order chi connectivity index (χ0) is 71.3. The monoisotopic (exact) mass is 1380 g/mol. The smallest absolute Gasteiger partial charge is 0.344 e. The minimum atomic E-state index is -0.731. The van der Waals surface area contributed by atoms with Crippen molar-refractivity contribution < 1.29 is 114 Å². The van der Waals surface area contributed by atoms with Gasteiger partial charge < -0.3 is 56.8 Å². The lowest BCUT2D eigenvalue weighted by molar-refractivity contribution is -0.218. The first-order chi connectivity index (χ1) is 46.0. The van der Waals surface area contributed by atoms with Crippen LogP contribution in [-0.4, -0.2) is 145 Å². The van der Waals surface area contributed by atoms with Gasteiger partial charge in [-0.2, -0.15) is 0 Å². The molecule has 0 spiro atoms. The Morgan fingerprint density at radius 2 is 0.745 bits per heavy atom. The van der Waals surface area contributed by atoms with Crippen molar-refractivity contribution in [3.05, 3.63) is 0 Å². The van der Waals surface area contributed by atoms with E-state index in [1.807, 2.05) is 27.7 Å². The van der Waals surface area contributed by atoms with Gasteiger partial charge in [0.15, 0.2) is 19.8 Å². The van der Waals surface area contributed by atoms with E-state index in [1.165, 1.54) is 6.42 Å². The molecule has 10 bridgehead atoms. The molecule has 14 aliphatic rings. The van der Waals surface area contributed by atoms with Gasteiger partial charge in [-0.05, 0) is 195 Å². The van der Waals surface area contributed by atoms with E-state index >= 15 is 0 Å². The Bertz CT molecular complexity index is 3140. The van der Waals surface area contributed by atoms with Gasteiger partial charge in [0.05, 0.1) is 51.8 Å². The molecule has 11 aliphatic carbocycles. The lowest BCUT2D eigenvalue weighted by Gasteiger charge is -2.60. The van der Waals surface area contributed by atoms with Gasteiger partial charge in [0.1, 0.15) is 53.4 Å². The molecule has 0 amide bonds. The average molecular weight is 1380 g/mol. The fourth-order valence-corrected chi connectivity index (χ4v) is 19.6. The lowest BCUT2D eigenvalue weighted by atomic mass is 9.49. The van der Waals surface area contributed by atoms with E-state index in [0.717, 1.165) is 76.0 Å². The molecule has 14 rings (SSSR count). The van der Waals surface area contributed by atoms with Crippen molar-refractivity contribution in [1.82, 2.24) is 0 Å². The van der Waals surface area contributed by atoms with E-state index in [9.17, 15) is 57.5 Å². The quantitative estimate of drug-likeness (QED) is 0.0721. The molecule has 0 aromatic carbocycles. The summed E-state index contributed by atoms with van der Waals surface area (Å²) in [6.07, 6.45) is 10.8. The zero-order valence-corrected chi connectivity index (χ0v) is 59.6. The van der Waals surface area contributed by atoms with E-state index in [2.05, 4.69) is 6.92 Å². The van der Waals surface area contributed by atoms with Gasteiger partial charge in [-0.25, -0.2) is 14.4 Å². The van der Waals surface area contributed by atoms with Crippen LogP contribution in [0.5, 0.6) is 0 Å². The molecule has 18 unspecified atom stereocenters. The number of hydrogen-bond donors (Lipinski definition) is 0. The molecule has 98 heavy (non-hydrogen) atoms. The largest absolute Gasteiger partial charge is 0.460 e. The molecule has 0 aromatic heterocycles. The van der Waals surface area contributed by atoms with E-state index in [4.69, 9.17) is 56.8 Å². The van der Waals surface area contributed by atoms with Crippen LogP contribution < -0.4 is 0 Å². The second-order valence-corrected chi connectivity index (χ2v) is 33.6. The van der Waals surface area contributed by atoms with Gasteiger partial charge in [-0.1, -0.05) is 34.6 Å². The summed E-state index contributed by atoms with van der Waals surface area (Å²) < 4.78 is 66.9. The summed E-state index contributed by atoms with van der Waals surface area (Å²) in [4.78, 5) is 151. The number of rotatable bonds is 22. The highest BCUT2D eigenvalue weighted by Crippen LogP contribution is 2.65. The standard InChI is InChI=1S/C29H40O8.C24H34O8.C21H30O8/c1-5-28(3,4)27(33)34-13-20(30)35-23-19-12-18-21(25(31)36-24(18)23)22(19)26(32)37-29(6-2)16-8-14-7-15(10-16)11-17(29)9-14;1-5-23(3,4)22(28)29-12-15(25)30-18-14-11-13-16(20(26)31-19(13)18)17(14)21(27)32-24(6-2)9-7-8-10-24;1-7-21(5,6)19(25)26-9-12(22)27-15-11-8-10-13(17(23)28-16(10)15)14(11)18(24)29-20(2,3)4/h14-19,21-24H,5-13H2,1-4H3;13-14,16-19H,5-12H2,1-4H3;10-11,13-16H,7-9H2,1-6H3. The molecule has 18 atom stereocenters. The Labute approximate surface area is 574 Å². The third-order valence-electron chi connectivity index (χ3n) is 25.8. The Kier molecular flexibility index (Phi) is 20.2. The normalized spacial score (nSPS) is 37.7. The number of carbonyl (C=O) groups excluding carboxylic acids is 12. The van der Waals surface area contributed by atoms with Crippen molar-refractivity contribution in [3.63, 3.8) is 0 Å². The van der Waals surface area contributed by atoms with Crippen LogP contribution in [0.1, 0.15) is 206 Å². The fraction of sp³-hybridized carbons (Fsp3) is 0.838. The van der Waals surface area contributed by atoms with E-state index < -0.39 is 179 Å². The highest BCUT2D eigenvalue weighted by molar-refractivity contribution is 5.89. The summed E-state index contributed by atoms with van der Waals surface area (Å²) in [6, 6.07) is 0. The fourth-order valence-electron chi connectivity index (χ4n) is 19.6. The first-order valence-electron chi connectivity index (χ1n) is 36.5. The molecule has 3 aliphatic heterocycles. The van der Waals surface area contributed by atoms with Gasteiger partial charge in [-0.3, -0.25) is 43.2 Å². The summed E-state index contributed by atoms with van der Waals surface area (Å²) in [5.41, 5.74) is -3.65. The Morgan fingerprint density at radius 3 is 1.05 bits per heavy atom. The van der Waals surface area contributed by atoms with Gasteiger partial charge in [-0.15, -0.1) is 0 Å². The molecule has 24 heteroatoms. The molecular weight excluding hydrogens is 1270 g/mol. The molecule has 0 N–H and O–H groups in total. The first-order valence-corrected chi connectivity index (χ1v) is 36.5. The lowest BCUT2D eigenvalue weighted by Crippen LogP contribution is -2.60. The molecule has 11 saturated carbocycles. The molecular formula is C74H104O24. The number of esters is 12. The maximum atomic E-state index is 13.9. The Hall–Kier alpha value is -6.36. The molecule has 544 valence electrons. The third kappa shape index (κ3) is 13.4. The molecule has 3 saturated heterocycles. The number of ether oxygens (including phenoxy) is 12. The first kappa shape index (κ1) is 72.9. The second-order valence-electron chi connectivity index (χ2n) is 33.6. The van der Waals surface area contributed by atoms with Crippen LogP contribution >= 0.6 is 0 Å². The topological polar surface area (TPSA) is 316 Å². The van der Waals surface area contributed by atoms with Crippen LogP contribution in [0.2, 0.25) is 0 Å². The van der Waals surface area contributed by atoms with E-state index in [-0.39, 0.29) is 53.4 Å². The third-order valence-corrected chi connectivity index (χ3v) is 25.8. The summed E-state index contributed by atoms with van der Waals surface area (Å²) >= 11 is 0. The van der Waals surface area contributed by atoms with Crippen molar-refractivity contribution in [2.24, 2.45) is 111 Å². The zero-order valence-electron chi connectivity index (χ0n) is 59.6. The van der Waals surface area contributed by atoms with Crippen LogP contribution in [0.3, 0.4) is 0 Å². The maximum Gasteiger partial charge on any atom is 0.344 e. The van der Waals surface area contributed by atoms with Gasteiger partial charge in [0.2, 0.25) is 0 Å². The highest BCUT2D eigenvalue weighted by atomic mass is 16.6. The Morgan fingerprint density at radius 1 is 0.418 bits per heavy atom. The van der Waals surface area contributed by atoms with Gasteiger partial charge >= 0.3 is 71.6 Å². The predicted octanol–water partition coefficient (Wildman–Crippen LogP) is 8.81. The van der Waals surface area contributed by atoms with Gasteiger partial charge in [0, 0.05) is 35.5 Å². The van der Waals surface area contributed by atoms with Crippen molar-refractivity contribution in [1.29, 1.82) is 0 Å². The van der Waals surface area contributed by atoms with E-state index in [1.54, 1.807) is 62.3 Å². The minimum absolute atomic E-state index is 0.148. The van der Waals surface area contributed by atoms with Crippen LogP contribution in [0, 0.1) is 111 Å². The van der Waals surface area contributed by atoms with Crippen LogP contribution in [0.25, 0.3) is 0 Å². The molecule has 24 nitrogen and oxygen atoms in total. The second kappa shape index (κ2) is 27.2. The number of hydrogen-bond acceptors (Lipinski definition) is 24. The number of carbonyl (C=O) groups is 12. The summed E-state index contributed by atoms with van der Waals surface area (Å²) in [5, 5.41) is 0. The summed E-state index contributed by atoms with van der Waals surface area (Å²) in [5.74, 6) is -8.63. The van der Waals surface area contributed by atoms with E-state index in [0.29, 0.717) is 50.4 Å². The number of fused-ring (bicyclic) bond motifs is 3. The Balaban J connectivity index is 0.000000150. The van der Waals surface area contributed by atoms with Crippen molar-refractivity contribution in [2.75, 3.05) is 19.8 Å². The van der Waals surface area contributed by atoms with Crippen molar-refractivity contribution in [3.8, 4) is 0 Å². The maximum absolute atomic E-state index is 13.9. The van der Waals surface area contributed by atoms with Crippen molar-refractivity contribution in [2.45, 2.75) is 260 Å². The molecule has 0 aromatic rings. The minimum Gasteiger partial charge on any atom is -0.460 e. The van der Waals surface area contributed by atoms with Crippen LogP contribution in [0.4, 0.5) is 0 Å². The predicted molar refractivity (Wildman–Crippen MR) is 340 cm³/mol. The SMILES string of the molecule is CCC(C)(C)C(=O)OCC(=O)OC1C2CC3C1OC(=O)C3C2C(=O)OC(C)(C)C.CCC(C)(C)C(=O)OCC(=O)OC1C2CC3C1OC(=O)C3C2C(=O)OC1(CC)C2CC3CC(C2)CC1C3.CCC1(OC(=O)C2C3CC4C(OC(=O)C42)C3OC(=O)COC(=O)C(C)(C)CC)CCCC1. The average Bonchev–Trinajstić information content (AvgIpc) is 1.46. The van der Waals surface area contributed by atoms with Crippen LogP contribution in [-0.2, 0) is 114 Å². The molecule has 14 fully saturated rings. The van der Waals surface area contributed by atoms with Crippen molar-refractivity contribution >= 4 is 71.6 Å².